The summed E-state index contributed by atoms with van der Waals surface area (Å²) in [6.07, 6.45) is 3.29. The lowest BCUT2D eigenvalue weighted by molar-refractivity contribution is -0.146. The summed E-state index contributed by atoms with van der Waals surface area (Å²) in [7, 11) is 3.46. The fourth-order valence-corrected chi connectivity index (χ4v) is 2.72. The largest absolute Gasteiger partial charge is 0.469 e. The molecule has 0 aromatic heterocycles. The van der Waals surface area contributed by atoms with Crippen LogP contribution in [-0.2, 0) is 9.53 Å². The summed E-state index contributed by atoms with van der Waals surface area (Å²) in [5, 5.41) is 3.31. The first-order chi connectivity index (χ1) is 5.71. The Bertz CT molecular complexity index is 209. The van der Waals surface area contributed by atoms with Crippen LogP contribution in [0.15, 0.2) is 0 Å². The van der Waals surface area contributed by atoms with Gasteiger partial charge in [0.05, 0.1) is 13.0 Å². The molecule has 3 nitrogen and oxygen atoms in total. The number of ether oxygens (including phenoxy) is 1. The predicted molar refractivity (Wildman–Crippen MR) is 44.6 cm³/mol. The van der Waals surface area contributed by atoms with E-state index < -0.39 is 0 Å². The first-order valence-electron chi connectivity index (χ1n) is 4.47. The zero-order chi connectivity index (χ0) is 8.77. The van der Waals surface area contributed by atoms with Gasteiger partial charge in [-0.05, 0) is 32.2 Å². The number of hydrogen-bond acceptors (Lipinski definition) is 3. The number of rotatable bonds is 2. The molecule has 68 valence electrons. The summed E-state index contributed by atoms with van der Waals surface area (Å²) in [6, 6.07) is 0. The van der Waals surface area contributed by atoms with Gasteiger partial charge in [0.2, 0.25) is 0 Å². The highest BCUT2D eigenvalue weighted by atomic mass is 16.5. The van der Waals surface area contributed by atoms with E-state index in [4.69, 9.17) is 4.74 Å². The van der Waals surface area contributed by atoms with E-state index in [2.05, 4.69) is 5.32 Å². The Morgan fingerprint density at radius 3 is 2.58 bits per heavy atom. The molecule has 3 saturated carbocycles. The van der Waals surface area contributed by atoms with Crippen molar-refractivity contribution in [3.05, 3.63) is 0 Å². The van der Waals surface area contributed by atoms with Gasteiger partial charge in [-0.15, -0.1) is 0 Å². The Morgan fingerprint density at radius 2 is 2.17 bits per heavy atom. The minimum atomic E-state index is -0.0189. The third-order valence-electron chi connectivity index (χ3n) is 3.52. The molecule has 0 aliphatic heterocycles. The highest BCUT2D eigenvalue weighted by Gasteiger charge is 2.57. The van der Waals surface area contributed by atoms with Crippen LogP contribution >= 0.6 is 0 Å². The maximum Gasteiger partial charge on any atom is 0.309 e. The van der Waals surface area contributed by atoms with Crippen LogP contribution in [0.5, 0.6) is 0 Å². The molecule has 2 bridgehead atoms. The first kappa shape index (κ1) is 8.05. The van der Waals surface area contributed by atoms with E-state index in [-0.39, 0.29) is 17.4 Å². The molecule has 0 aromatic carbocycles. The molecule has 0 spiro atoms. The average molecular weight is 169 g/mol. The molecule has 3 heteroatoms. The first-order valence-corrected chi connectivity index (χ1v) is 4.47. The molecule has 12 heavy (non-hydrogen) atoms. The molecule has 0 aromatic rings. The van der Waals surface area contributed by atoms with E-state index in [1.165, 1.54) is 7.11 Å². The van der Waals surface area contributed by atoms with Gasteiger partial charge >= 0.3 is 5.97 Å². The van der Waals surface area contributed by atoms with Crippen LogP contribution in [0.25, 0.3) is 0 Å². The zero-order valence-corrected chi connectivity index (χ0v) is 7.59. The molecule has 0 radical (unpaired) electrons. The van der Waals surface area contributed by atoms with Gasteiger partial charge in [0, 0.05) is 5.54 Å². The van der Waals surface area contributed by atoms with Gasteiger partial charge in [-0.25, -0.2) is 0 Å². The summed E-state index contributed by atoms with van der Waals surface area (Å²) in [5.74, 6) is 0.738. The summed E-state index contributed by atoms with van der Waals surface area (Å²) in [6.45, 7) is 0. The van der Waals surface area contributed by atoms with Gasteiger partial charge in [0.1, 0.15) is 0 Å². The molecular formula is C9H15NO2. The Labute approximate surface area is 72.5 Å². The summed E-state index contributed by atoms with van der Waals surface area (Å²) in [5.41, 5.74) is 0.281. The second-order valence-electron chi connectivity index (χ2n) is 4.03. The molecule has 3 rings (SSSR count). The van der Waals surface area contributed by atoms with Crippen molar-refractivity contribution >= 4 is 5.97 Å². The quantitative estimate of drug-likeness (QED) is 0.613. The van der Waals surface area contributed by atoms with Gasteiger partial charge < -0.3 is 10.1 Å². The van der Waals surface area contributed by atoms with Gasteiger partial charge in [-0.3, -0.25) is 4.79 Å². The smallest absolute Gasteiger partial charge is 0.309 e. The van der Waals surface area contributed by atoms with E-state index in [0.717, 1.165) is 19.3 Å². The van der Waals surface area contributed by atoms with Crippen molar-refractivity contribution in [3.8, 4) is 0 Å². The summed E-state index contributed by atoms with van der Waals surface area (Å²) >= 11 is 0. The molecule has 0 heterocycles. The molecule has 1 atom stereocenters. The molecule has 3 aliphatic carbocycles. The third kappa shape index (κ3) is 0.891. The summed E-state index contributed by atoms with van der Waals surface area (Å²) < 4.78 is 4.75. The summed E-state index contributed by atoms with van der Waals surface area (Å²) in [4.78, 5) is 11.3. The van der Waals surface area contributed by atoms with Crippen molar-refractivity contribution in [1.29, 1.82) is 0 Å². The van der Waals surface area contributed by atoms with Crippen LogP contribution in [0.2, 0.25) is 0 Å². The lowest BCUT2D eigenvalue weighted by atomic mass is 9.76. The Morgan fingerprint density at radius 1 is 1.50 bits per heavy atom. The lowest BCUT2D eigenvalue weighted by Crippen LogP contribution is -2.46. The van der Waals surface area contributed by atoms with Crippen molar-refractivity contribution < 1.29 is 9.53 Å². The number of carbonyl (C=O) groups is 1. The highest BCUT2D eigenvalue weighted by molar-refractivity contribution is 5.74. The second-order valence-corrected chi connectivity index (χ2v) is 4.03. The van der Waals surface area contributed by atoms with Crippen LogP contribution in [0, 0.1) is 11.8 Å². The van der Waals surface area contributed by atoms with E-state index in [1.807, 2.05) is 7.05 Å². The lowest BCUT2D eigenvalue weighted by Gasteiger charge is -2.38. The number of carbonyl (C=O) groups excluding carboxylic acids is 1. The fraction of sp³-hybridized carbons (Fsp3) is 0.889. The molecule has 0 saturated heterocycles. The standard InChI is InChI=1S/C9H15NO2/c1-10-9-3-6(4-9)7(5-9)8(11)12-2/h6-7,10H,3-5H2,1-2H3/t6?,7-,9?/m0/s1. The van der Waals surface area contributed by atoms with Crippen molar-refractivity contribution in [3.63, 3.8) is 0 Å². The van der Waals surface area contributed by atoms with Crippen LogP contribution in [0.3, 0.4) is 0 Å². The Balaban J connectivity index is 2.02. The molecule has 3 aliphatic rings. The van der Waals surface area contributed by atoms with Gasteiger partial charge in [0.25, 0.3) is 0 Å². The molecule has 0 amide bonds. The van der Waals surface area contributed by atoms with Crippen LogP contribution in [0.1, 0.15) is 19.3 Å². The molecule has 0 unspecified atom stereocenters. The van der Waals surface area contributed by atoms with Gasteiger partial charge in [-0.1, -0.05) is 0 Å². The number of methoxy groups -OCH3 is 1. The van der Waals surface area contributed by atoms with Gasteiger partial charge in [0.15, 0.2) is 0 Å². The van der Waals surface area contributed by atoms with Crippen LogP contribution in [-0.4, -0.2) is 25.7 Å². The average Bonchev–Trinajstić information content (AvgIpc) is 2.56. The maximum absolute atomic E-state index is 11.3. The maximum atomic E-state index is 11.3. The normalized spacial score (nSPS) is 43.8. The SMILES string of the molecule is CNC12CC(C1)[C@@H](C(=O)OC)C2. The number of esters is 1. The molecule has 1 N–H and O–H groups in total. The number of hydrogen-bond donors (Lipinski definition) is 1. The molecule has 3 fully saturated rings. The third-order valence-corrected chi connectivity index (χ3v) is 3.52. The number of fused-ring (bicyclic) bond motifs is 1. The van der Waals surface area contributed by atoms with Crippen molar-refractivity contribution in [1.82, 2.24) is 5.32 Å². The minimum Gasteiger partial charge on any atom is -0.469 e. The van der Waals surface area contributed by atoms with E-state index in [1.54, 1.807) is 0 Å². The molecular weight excluding hydrogens is 154 g/mol. The van der Waals surface area contributed by atoms with Crippen molar-refractivity contribution in [2.75, 3.05) is 14.2 Å². The van der Waals surface area contributed by atoms with Crippen LogP contribution in [0.4, 0.5) is 0 Å². The van der Waals surface area contributed by atoms with Crippen LogP contribution < -0.4 is 5.32 Å². The Hall–Kier alpha value is -0.570. The van der Waals surface area contributed by atoms with Crippen molar-refractivity contribution in [2.45, 2.75) is 24.8 Å². The highest BCUT2D eigenvalue weighted by Crippen LogP contribution is 2.55. The fourth-order valence-electron chi connectivity index (χ4n) is 2.72. The zero-order valence-electron chi connectivity index (χ0n) is 7.59. The predicted octanol–water partition coefficient (Wildman–Crippen LogP) is 0.547. The van der Waals surface area contributed by atoms with Crippen molar-refractivity contribution in [2.24, 2.45) is 11.8 Å². The van der Waals surface area contributed by atoms with E-state index >= 15 is 0 Å². The minimum absolute atomic E-state index is 0.0189. The van der Waals surface area contributed by atoms with Gasteiger partial charge in [-0.2, -0.15) is 0 Å². The topological polar surface area (TPSA) is 38.3 Å². The second kappa shape index (κ2) is 2.46. The monoisotopic (exact) mass is 169 g/mol. The van der Waals surface area contributed by atoms with E-state index in [0.29, 0.717) is 5.92 Å². The number of nitrogens with one attached hydrogen (secondary N) is 1. The van der Waals surface area contributed by atoms with E-state index in [9.17, 15) is 4.79 Å². The Kier molecular flexibility index (Phi) is 1.65.